The van der Waals surface area contributed by atoms with Gasteiger partial charge in [0.15, 0.2) is 0 Å². The van der Waals surface area contributed by atoms with Crippen molar-refractivity contribution in [2.45, 2.75) is 19.8 Å². The first-order chi connectivity index (χ1) is 13.0. The summed E-state index contributed by atoms with van der Waals surface area (Å²) < 4.78 is 5.00. The van der Waals surface area contributed by atoms with E-state index < -0.39 is 10.8 Å². The first-order valence-corrected chi connectivity index (χ1v) is 8.53. The summed E-state index contributed by atoms with van der Waals surface area (Å²) in [4.78, 5) is 36.0. The second-order valence-electron chi connectivity index (χ2n) is 5.94. The lowest BCUT2D eigenvalue weighted by atomic mass is 9.96. The second-order valence-corrected chi connectivity index (χ2v) is 5.94. The topological polar surface area (TPSA) is 126 Å². The monoisotopic (exact) mass is 372 g/mol. The fourth-order valence-corrected chi connectivity index (χ4v) is 2.76. The Morgan fingerprint density at radius 1 is 1.44 bits per heavy atom. The minimum Gasteiger partial charge on any atom is -0.466 e. The van der Waals surface area contributed by atoms with Crippen molar-refractivity contribution in [2.24, 2.45) is 5.92 Å². The Labute approximate surface area is 156 Å². The van der Waals surface area contributed by atoms with Crippen LogP contribution in [0.5, 0.6) is 0 Å². The Kier molecular flexibility index (Phi) is 6.88. The third-order valence-electron chi connectivity index (χ3n) is 4.19. The molecule has 1 fully saturated rings. The van der Waals surface area contributed by atoms with Crippen molar-refractivity contribution < 1.29 is 19.2 Å². The van der Waals surface area contributed by atoms with E-state index in [0.717, 1.165) is 0 Å². The summed E-state index contributed by atoms with van der Waals surface area (Å²) in [7, 11) is 0. The van der Waals surface area contributed by atoms with Gasteiger partial charge in [0.1, 0.15) is 11.6 Å². The Balaban J connectivity index is 1.99. The number of nitrogens with one attached hydrogen (secondary N) is 1. The minimum absolute atomic E-state index is 0.0979. The highest BCUT2D eigenvalue weighted by Gasteiger charge is 2.29. The maximum Gasteiger partial charge on any atom is 0.309 e. The fourth-order valence-electron chi connectivity index (χ4n) is 2.76. The third-order valence-corrected chi connectivity index (χ3v) is 4.19. The van der Waals surface area contributed by atoms with Gasteiger partial charge in [-0.05, 0) is 25.8 Å². The van der Waals surface area contributed by atoms with E-state index in [1.54, 1.807) is 13.0 Å². The van der Waals surface area contributed by atoms with Crippen LogP contribution in [0.15, 0.2) is 36.0 Å². The number of anilines is 1. The first-order valence-electron chi connectivity index (χ1n) is 8.53. The van der Waals surface area contributed by atoms with E-state index in [0.29, 0.717) is 38.2 Å². The number of nitro groups is 1. The largest absolute Gasteiger partial charge is 0.466 e. The number of nitro benzene ring substituents is 1. The van der Waals surface area contributed by atoms with Crippen LogP contribution in [0.4, 0.5) is 11.4 Å². The van der Waals surface area contributed by atoms with E-state index in [4.69, 9.17) is 4.74 Å². The van der Waals surface area contributed by atoms with Crippen molar-refractivity contribution >= 4 is 23.3 Å². The highest BCUT2D eigenvalue weighted by atomic mass is 16.6. The number of rotatable bonds is 6. The Hall–Kier alpha value is -3.41. The third kappa shape index (κ3) is 5.28. The van der Waals surface area contributed by atoms with Gasteiger partial charge in [-0.1, -0.05) is 6.07 Å². The number of likely N-dealkylation sites (tertiary alicyclic amines) is 1. The summed E-state index contributed by atoms with van der Waals surface area (Å²) in [5.41, 5.74) is 0.182. The molecule has 1 aromatic rings. The lowest BCUT2D eigenvalue weighted by molar-refractivity contribution is -0.384. The summed E-state index contributed by atoms with van der Waals surface area (Å²) in [5.74, 6) is -0.933. The van der Waals surface area contributed by atoms with Crippen LogP contribution in [0.25, 0.3) is 0 Å². The van der Waals surface area contributed by atoms with Crippen LogP contribution in [-0.2, 0) is 14.3 Å². The average molecular weight is 372 g/mol. The number of hydrogen-bond acceptors (Lipinski definition) is 7. The van der Waals surface area contributed by atoms with E-state index in [2.05, 4.69) is 5.32 Å². The number of non-ortho nitro benzene ring substituents is 1. The molecule has 0 atom stereocenters. The molecule has 1 aliphatic heterocycles. The van der Waals surface area contributed by atoms with Crippen molar-refractivity contribution in [3.05, 3.63) is 46.2 Å². The van der Waals surface area contributed by atoms with Crippen LogP contribution in [0.1, 0.15) is 19.8 Å². The highest BCUT2D eigenvalue weighted by molar-refractivity contribution is 5.97. The van der Waals surface area contributed by atoms with Gasteiger partial charge >= 0.3 is 5.97 Å². The Bertz CT molecular complexity index is 791. The van der Waals surface area contributed by atoms with Gasteiger partial charge in [-0.2, -0.15) is 5.26 Å². The van der Waals surface area contributed by atoms with Gasteiger partial charge in [-0.25, -0.2) is 0 Å². The molecule has 9 nitrogen and oxygen atoms in total. The van der Waals surface area contributed by atoms with E-state index >= 15 is 0 Å². The van der Waals surface area contributed by atoms with Gasteiger partial charge < -0.3 is 15.0 Å². The van der Waals surface area contributed by atoms with Crippen LogP contribution in [0, 0.1) is 27.4 Å². The minimum atomic E-state index is -0.529. The quantitative estimate of drug-likeness (QED) is 0.267. The van der Waals surface area contributed by atoms with Crippen molar-refractivity contribution in [2.75, 3.05) is 25.0 Å². The summed E-state index contributed by atoms with van der Waals surface area (Å²) in [6.07, 6.45) is 2.21. The van der Waals surface area contributed by atoms with E-state index in [1.165, 1.54) is 29.3 Å². The molecule has 27 heavy (non-hydrogen) atoms. The predicted molar refractivity (Wildman–Crippen MR) is 96.4 cm³/mol. The van der Waals surface area contributed by atoms with Gasteiger partial charge in [0, 0.05) is 37.1 Å². The molecule has 0 aliphatic carbocycles. The van der Waals surface area contributed by atoms with Crippen LogP contribution in [-0.4, -0.2) is 41.4 Å². The molecule has 1 aromatic carbocycles. The zero-order chi connectivity index (χ0) is 19.8. The average Bonchev–Trinajstić information content (AvgIpc) is 2.68. The second kappa shape index (κ2) is 9.33. The maximum absolute atomic E-state index is 12.5. The van der Waals surface area contributed by atoms with Gasteiger partial charge in [0.25, 0.3) is 11.6 Å². The Morgan fingerprint density at radius 2 is 2.15 bits per heavy atom. The lowest BCUT2D eigenvalue weighted by Gasteiger charge is -2.30. The molecule has 9 heteroatoms. The molecule has 1 N–H and O–H groups in total. The molecular weight excluding hydrogens is 352 g/mol. The molecule has 1 amide bonds. The number of carbonyl (C=O) groups excluding carboxylic acids is 2. The van der Waals surface area contributed by atoms with Gasteiger partial charge in [0.2, 0.25) is 0 Å². The fraction of sp³-hybridized carbons (Fsp3) is 0.389. The molecular formula is C18H20N4O5. The summed E-state index contributed by atoms with van der Waals surface area (Å²) >= 11 is 0. The lowest BCUT2D eigenvalue weighted by Crippen LogP contribution is -2.41. The van der Waals surface area contributed by atoms with Crippen molar-refractivity contribution in [3.63, 3.8) is 0 Å². The number of nitriles is 1. The van der Waals surface area contributed by atoms with Gasteiger partial charge in [0.05, 0.1) is 17.4 Å². The molecule has 1 aliphatic rings. The van der Waals surface area contributed by atoms with Crippen molar-refractivity contribution in [3.8, 4) is 6.07 Å². The number of piperidine rings is 1. The van der Waals surface area contributed by atoms with Crippen LogP contribution in [0.3, 0.4) is 0 Å². The molecule has 0 spiro atoms. The molecule has 1 saturated heterocycles. The first kappa shape index (κ1) is 19.9. The normalized spacial score (nSPS) is 15.0. The van der Waals surface area contributed by atoms with E-state index in [1.807, 2.05) is 6.07 Å². The number of ether oxygens (including phenoxy) is 1. The molecule has 0 unspecified atom stereocenters. The predicted octanol–water partition coefficient (Wildman–Crippen LogP) is 2.22. The van der Waals surface area contributed by atoms with Crippen LogP contribution in [0.2, 0.25) is 0 Å². The highest BCUT2D eigenvalue weighted by Crippen LogP contribution is 2.21. The number of nitrogens with zero attached hydrogens (tertiary/aromatic N) is 3. The van der Waals surface area contributed by atoms with Crippen LogP contribution < -0.4 is 5.32 Å². The van der Waals surface area contributed by atoms with Gasteiger partial charge in [-0.3, -0.25) is 19.7 Å². The number of amides is 1. The molecule has 0 bridgehead atoms. The number of hydrogen-bond donors (Lipinski definition) is 1. The number of benzene rings is 1. The van der Waals surface area contributed by atoms with E-state index in [-0.39, 0.29) is 23.1 Å². The van der Waals surface area contributed by atoms with Crippen molar-refractivity contribution in [1.29, 1.82) is 5.26 Å². The van der Waals surface area contributed by atoms with Crippen molar-refractivity contribution in [1.82, 2.24) is 4.90 Å². The molecule has 0 radical (unpaired) electrons. The molecule has 0 aromatic heterocycles. The number of esters is 1. The molecule has 142 valence electrons. The standard InChI is InChI=1S/C18H20N4O5/c1-2-27-18(24)13-6-8-21(9-7-13)17(23)14(11-19)12-20-15-4-3-5-16(10-15)22(25)26/h3-5,10,12-13,20H,2,6-9H2,1H3/b14-12-. The SMILES string of the molecule is CCOC(=O)C1CCN(C(=O)/C(C#N)=C\Nc2cccc([N+](=O)[O-])c2)CC1. The zero-order valence-electron chi connectivity index (χ0n) is 14.9. The molecule has 0 saturated carbocycles. The Morgan fingerprint density at radius 3 is 2.74 bits per heavy atom. The summed E-state index contributed by atoms with van der Waals surface area (Å²) in [6, 6.07) is 7.59. The smallest absolute Gasteiger partial charge is 0.309 e. The molecule has 1 heterocycles. The number of carbonyl (C=O) groups is 2. The van der Waals surface area contributed by atoms with Crippen LogP contribution >= 0.6 is 0 Å². The van der Waals surface area contributed by atoms with Gasteiger partial charge in [-0.15, -0.1) is 0 Å². The zero-order valence-corrected chi connectivity index (χ0v) is 14.9. The summed E-state index contributed by atoms with van der Waals surface area (Å²) in [6.45, 7) is 2.79. The summed E-state index contributed by atoms with van der Waals surface area (Å²) in [5, 5.41) is 22.8. The maximum atomic E-state index is 12.5. The van der Waals surface area contributed by atoms with E-state index in [9.17, 15) is 25.0 Å². The molecule has 2 rings (SSSR count).